The summed E-state index contributed by atoms with van der Waals surface area (Å²) in [5.41, 5.74) is 1.23. The number of thiazole rings is 1. The second-order valence-electron chi connectivity index (χ2n) is 9.66. The zero-order valence-corrected chi connectivity index (χ0v) is 24.0. The molecule has 2 aromatic heterocycles. The number of aromatic nitrogens is 2. The minimum absolute atomic E-state index is 0. The van der Waals surface area contributed by atoms with Gasteiger partial charge in [0.1, 0.15) is 12.3 Å². The quantitative estimate of drug-likeness (QED) is 0.451. The van der Waals surface area contributed by atoms with Crippen molar-refractivity contribution in [3.05, 3.63) is 56.8 Å². The molecule has 208 valence electrons. The predicted molar refractivity (Wildman–Crippen MR) is 152 cm³/mol. The average molecular weight is 594 g/mol. The number of nitrogens with one attached hydrogen (secondary N) is 2. The van der Waals surface area contributed by atoms with E-state index in [4.69, 9.17) is 16.3 Å². The van der Waals surface area contributed by atoms with Crippen LogP contribution in [0.3, 0.4) is 0 Å². The fourth-order valence-electron chi connectivity index (χ4n) is 4.84. The van der Waals surface area contributed by atoms with Crippen molar-refractivity contribution >= 4 is 63.8 Å². The lowest BCUT2D eigenvalue weighted by atomic mass is 9.98. The lowest BCUT2D eigenvalue weighted by Gasteiger charge is -2.39. The van der Waals surface area contributed by atoms with Gasteiger partial charge in [0.05, 0.1) is 17.8 Å². The molecule has 3 aromatic rings. The van der Waals surface area contributed by atoms with Gasteiger partial charge in [0.15, 0.2) is 5.01 Å². The molecule has 0 spiro atoms. The molecular weight excluding hydrogens is 563 g/mol. The molecule has 0 saturated carbocycles. The molecule has 2 aliphatic rings. The molecule has 0 bridgehead atoms. The Kier molecular flexibility index (Phi) is 9.39. The second-order valence-corrected chi connectivity index (χ2v) is 11.2. The topological polar surface area (TPSA) is 117 Å². The monoisotopic (exact) mass is 592 g/mol. The van der Waals surface area contributed by atoms with Gasteiger partial charge in [-0.05, 0) is 37.1 Å². The number of fused-ring (bicyclic) bond motifs is 2. The molecule has 10 nitrogen and oxygen atoms in total. The van der Waals surface area contributed by atoms with Gasteiger partial charge in [0.2, 0.25) is 5.91 Å². The number of ether oxygens (including phenoxy) is 1. The van der Waals surface area contributed by atoms with Crippen LogP contribution < -0.4 is 10.6 Å². The van der Waals surface area contributed by atoms with Crippen LogP contribution in [0.4, 0.5) is 0 Å². The van der Waals surface area contributed by atoms with E-state index >= 15 is 0 Å². The highest BCUT2D eigenvalue weighted by Gasteiger charge is 2.35. The third-order valence-electron chi connectivity index (χ3n) is 6.90. The minimum atomic E-state index is -0.510. The van der Waals surface area contributed by atoms with E-state index in [-0.39, 0.29) is 49.0 Å². The largest absolute Gasteiger partial charge is 0.375 e. The molecule has 5 rings (SSSR count). The van der Waals surface area contributed by atoms with E-state index in [1.807, 2.05) is 13.1 Å². The maximum Gasteiger partial charge on any atom is 0.280 e. The number of carbonyl (C=O) groups excluding carboxylic acids is 3. The highest BCUT2D eigenvalue weighted by molar-refractivity contribution is 7.13. The summed E-state index contributed by atoms with van der Waals surface area (Å²) in [7, 11) is 3.51. The van der Waals surface area contributed by atoms with Gasteiger partial charge in [-0.25, -0.2) is 4.98 Å². The van der Waals surface area contributed by atoms with Crippen molar-refractivity contribution in [3.63, 3.8) is 0 Å². The number of likely N-dealkylation sites (tertiary alicyclic amines) is 1. The lowest BCUT2D eigenvalue weighted by Crippen LogP contribution is -2.61. The zero-order valence-electron chi connectivity index (χ0n) is 21.6. The molecule has 2 aliphatic heterocycles. The molecule has 2 atom stereocenters. The second kappa shape index (κ2) is 12.6. The van der Waals surface area contributed by atoms with Crippen LogP contribution in [0.15, 0.2) is 30.5 Å². The van der Waals surface area contributed by atoms with Crippen molar-refractivity contribution in [2.24, 2.45) is 0 Å². The van der Waals surface area contributed by atoms with Gasteiger partial charge in [0, 0.05) is 61.2 Å². The number of hydrogen-bond donors (Lipinski definition) is 2. The first-order valence-electron chi connectivity index (χ1n) is 12.4. The van der Waals surface area contributed by atoms with Crippen LogP contribution in [0.2, 0.25) is 5.02 Å². The number of rotatable bonds is 6. The van der Waals surface area contributed by atoms with Gasteiger partial charge in [0.25, 0.3) is 11.8 Å². The van der Waals surface area contributed by atoms with E-state index in [2.05, 4.69) is 25.5 Å². The Bertz CT molecular complexity index is 1390. The number of carbonyl (C=O) groups is 3. The Labute approximate surface area is 241 Å². The molecule has 1 fully saturated rings. The zero-order chi connectivity index (χ0) is 26.8. The summed E-state index contributed by atoms with van der Waals surface area (Å²) in [4.78, 5) is 52.8. The predicted octanol–water partition coefficient (Wildman–Crippen LogP) is 2.53. The van der Waals surface area contributed by atoms with Crippen LogP contribution in [0.5, 0.6) is 0 Å². The first kappa shape index (κ1) is 29.2. The van der Waals surface area contributed by atoms with Gasteiger partial charge in [-0.1, -0.05) is 17.7 Å². The van der Waals surface area contributed by atoms with Crippen molar-refractivity contribution in [2.75, 3.05) is 40.4 Å². The van der Waals surface area contributed by atoms with Gasteiger partial charge < -0.3 is 25.2 Å². The van der Waals surface area contributed by atoms with Gasteiger partial charge in [-0.3, -0.25) is 19.4 Å². The highest BCUT2D eigenvalue weighted by Crippen LogP contribution is 2.25. The summed E-state index contributed by atoms with van der Waals surface area (Å²) in [6.07, 6.45) is 2.89. The van der Waals surface area contributed by atoms with Gasteiger partial charge >= 0.3 is 0 Å². The number of halogens is 2. The van der Waals surface area contributed by atoms with E-state index in [0.29, 0.717) is 23.0 Å². The number of methoxy groups -OCH3 is 1. The third kappa shape index (κ3) is 6.67. The third-order valence-corrected chi connectivity index (χ3v) is 8.22. The normalized spacial score (nSPS) is 19.2. The Morgan fingerprint density at radius 1 is 1.13 bits per heavy atom. The maximum atomic E-state index is 13.2. The van der Waals surface area contributed by atoms with Crippen LogP contribution in [0, 0.1) is 0 Å². The summed E-state index contributed by atoms with van der Waals surface area (Å²) in [5, 5.41) is 8.73. The van der Waals surface area contributed by atoms with Crippen molar-refractivity contribution in [1.82, 2.24) is 30.4 Å². The molecule has 1 saturated heterocycles. The van der Waals surface area contributed by atoms with Crippen molar-refractivity contribution < 1.29 is 19.1 Å². The fourth-order valence-corrected chi connectivity index (χ4v) is 6.11. The number of hydrogen-bond acceptors (Lipinski definition) is 8. The molecule has 39 heavy (non-hydrogen) atoms. The molecule has 13 heteroatoms. The summed E-state index contributed by atoms with van der Waals surface area (Å²) in [6, 6.07) is 6.19. The minimum Gasteiger partial charge on any atom is -0.375 e. The van der Waals surface area contributed by atoms with Crippen LogP contribution in [0.1, 0.15) is 37.3 Å². The summed E-state index contributed by atoms with van der Waals surface area (Å²) in [6.45, 7) is 2.31. The average Bonchev–Trinajstić information content (AvgIpc) is 3.33. The van der Waals surface area contributed by atoms with E-state index < -0.39 is 12.1 Å². The van der Waals surface area contributed by atoms with Crippen LogP contribution in [0.25, 0.3) is 10.8 Å². The molecule has 3 amide bonds. The summed E-state index contributed by atoms with van der Waals surface area (Å²) >= 11 is 7.45. The number of pyridine rings is 1. The highest BCUT2D eigenvalue weighted by atomic mass is 35.5. The molecule has 0 radical (unpaired) electrons. The number of nitrogens with zero attached hydrogens (tertiary/aromatic N) is 4. The Hall–Kier alpha value is -2.83. The van der Waals surface area contributed by atoms with Crippen molar-refractivity contribution in [2.45, 2.75) is 31.5 Å². The summed E-state index contributed by atoms with van der Waals surface area (Å²) in [5.74, 6) is -0.826. The Morgan fingerprint density at radius 3 is 2.72 bits per heavy atom. The van der Waals surface area contributed by atoms with Crippen molar-refractivity contribution in [3.8, 4) is 0 Å². The van der Waals surface area contributed by atoms with Gasteiger partial charge in [-0.2, -0.15) is 0 Å². The van der Waals surface area contributed by atoms with Crippen LogP contribution in [-0.2, 0) is 22.5 Å². The SMILES string of the molecule is COCC(=O)N1CC[C@H](NC(=O)c2cc3ccc(Cl)cc3cn2)[C@H](NC(=O)c2nc3c(s2)CN(C)CC3)C1.Cl. The van der Waals surface area contributed by atoms with Crippen molar-refractivity contribution in [1.29, 1.82) is 0 Å². The molecule has 0 unspecified atom stereocenters. The molecular formula is C26H30Cl2N6O4S. The number of amides is 3. The first-order valence-corrected chi connectivity index (χ1v) is 13.6. The number of likely N-dealkylation sites (N-methyl/N-ethyl adjacent to an activating group) is 1. The molecule has 1 aromatic carbocycles. The van der Waals surface area contributed by atoms with Crippen LogP contribution in [-0.4, -0.2) is 90.0 Å². The molecule has 0 aliphatic carbocycles. The fraction of sp³-hybridized carbons (Fsp3) is 0.423. The lowest BCUT2D eigenvalue weighted by molar-refractivity contribution is -0.136. The van der Waals surface area contributed by atoms with Gasteiger partial charge in [-0.15, -0.1) is 23.7 Å². The molecule has 4 heterocycles. The Balaban J connectivity index is 0.00000353. The van der Waals surface area contributed by atoms with E-state index in [9.17, 15) is 14.4 Å². The van der Waals surface area contributed by atoms with Crippen LogP contribution >= 0.6 is 35.3 Å². The number of benzene rings is 1. The standard InChI is InChI=1S/C26H29ClN6O4S.ClH/c1-32-7-5-19-22(13-32)38-26(31-19)25(36)30-21-12-33(23(34)14-37-2)8-6-18(21)29-24(35)20-10-15-3-4-17(27)9-16(15)11-28-20;/h3-4,9-11,18,21H,5-8,12-14H2,1-2H3,(H,29,35)(H,30,36);1H/t18-,21+;/m0./s1. The smallest absolute Gasteiger partial charge is 0.280 e. The Morgan fingerprint density at radius 2 is 1.92 bits per heavy atom. The first-order chi connectivity index (χ1) is 18.3. The van der Waals surface area contributed by atoms with E-state index in [0.717, 1.165) is 40.9 Å². The van der Waals surface area contributed by atoms with E-state index in [1.54, 1.807) is 29.3 Å². The molecule has 2 N–H and O–H groups in total. The van der Waals surface area contributed by atoms with E-state index in [1.165, 1.54) is 18.4 Å². The number of piperidine rings is 1. The maximum absolute atomic E-state index is 13.2. The summed E-state index contributed by atoms with van der Waals surface area (Å²) < 4.78 is 5.01.